The van der Waals surface area contributed by atoms with E-state index >= 15 is 0 Å². The molecular weight excluding hydrogens is 826 g/mol. The molecule has 4 N–H and O–H groups in total. The summed E-state index contributed by atoms with van der Waals surface area (Å²) >= 11 is 0. The summed E-state index contributed by atoms with van der Waals surface area (Å²) in [5.41, 5.74) is 1.11. The highest BCUT2D eigenvalue weighted by Crippen LogP contribution is 2.42. The van der Waals surface area contributed by atoms with Crippen LogP contribution in [0.4, 0.5) is 4.79 Å². The number of carbonyl (C=O) groups is 6. The van der Waals surface area contributed by atoms with Crippen molar-refractivity contribution in [2.24, 2.45) is 0 Å². The van der Waals surface area contributed by atoms with Crippen LogP contribution >= 0.6 is 0 Å². The van der Waals surface area contributed by atoms with Crippen LogP contribution in [0.2, 0.25) is 0 Å². The molecule has 19 nitrogen and oxygen atoms in total. The van der Waals surface area contributed by atoms with E-state index in [2.05, 4.69) is 16.0 Å². The van der Waals surface area contributed by atoms with E-state index in [0.717, 1.165) is 37.5 Å². The molecule has 19 heteroatoms. The van der Waals surface area contributed by atoms with Gasteiger partial charge in [0.05, 0.1) is 20.8 Å². The first-order valence-corrected chi connectivity index (χ1v) is 20.0. The number of carbonyl (C=O) groups excluding carboxylic acids is 6. The number of ether oxygens (including phenoxy) is 9. The predicted octanol–water partition coefficient (Wildman–Crippen LogP) is 2.28. The highest BCUT2D eigenvalue weighted by Gasteiger charge is 2.51. The summed E-state index contributed by atoms with van der Waals surface area (Å²) in [6.45, 7) is 3.10. The predicted molar refractivity (Wildman–Crippen MR) is 221 cm³/mol. The maximum Gasteiger partial charge on any atom is 0.407 e. The first-order chi connectivity index (χ1) is 30.2. The number of amides is 3. The molecule has 0 unspecified atom stereocenters. The van der Waals surface area contributed by atoms with Gasteiger partial charge in [-0.05, 0) is 47.4 Å². The van der Waals surface area contributed by atoms with Crippen molar-refractivity contribution in [3.8, 4) is 11.5 Å². The quantitative estimate of drug-likeness (QED) is 0.0490. The highest BCUT2D eigenvalue weighted by molar-refractivity contribution is 5.77. The normalized spacial score (nSPS) is 18.7. The van der Waals surface area contributed by atoms with Crippen molar-refractivity contribution in [1.29, 1.82) is 0 Å². The zero-order valence-corrected chi connectivity index (χ0v) is 36.0. The first-order valence-electron chi connectivity index (χ1n) is 20.0. The summed E-state index contributed by atoms with van der Waals surface area (Å²) < 4.78 is 50.1. The van der Waals surface area contributed by atoms with E-state index in [1.165, 1.54) is 6.92 Å². The van der Waals surface area contributed by atoms with Gasteiger partial charge in [0.1, 0.15) is 55.2 Å². The molecule has 1 heterocycles. The van der Waals surface area contributed by atoms with Crippen molar-refractivity contribution in [1.82, 2.24) is 16.0 Å². The third-order valence-electron chi connectivity index (χ3n) is 9.47. The van der Waals surface area contributed by atoms with Crippen molar-refractivity contribution in [2.75, 3.05) is 53.7 Å². The molecule has 3 aromatic rings. The molecular formula is C44H55N3O16. The van der Waals surface area contributed by atoms with Crippen LogP contribution in [0.5, 0.6) is 11.5 Å². The number of hydrogen-bond donors (Lipinski definition) is 4. The van der Waals surface area contributed by atoms with Gasteiger partial charge in [0.25, 0.3) is 0 Å². The average molecular weight is 882 g/mol. The Bertz CT molecular complexity index is 1920. The standard InChI is InChI=1S/C44H55N3O16/c1-27(48)47-39-41(62-30(4)51)40(61-29(3)50)37(25-57-28(2)49)63-42(39)58-26-38(53)45-21-10-22-46-43(54)59-23-34(52)24-60-44(31-11-8-7-9-12-31,32-13-17-35(55-5)18-14-32)33-15-19-36(56-6)20-16-33/h7-9,11-20,34,37,39-42,52H,10,21-26H2,1-6H3,(H,45,53)(H,46,54)(H,47,48)/t34-,37+,39+,40-,41+,42+/m0/s1. The largest absolute Gasteiger partial charge is 0.497 e. The van der Waals surface area contributed by atoms with Crippen molar-refractivity contribution in [2.45, 2.75) is 76.5 Å². The van der Waals surface area contributed by atoms with Crippen molar-refractivity contribution in [3.63, 3.8) is 0 Å². The van der Waals surface area contributed by atoms with Gasteiger partial charge in [0, 0.05) is 40.8 Å². The fraction of sp³-hybridized carbons (Fsp3) is 0.455. The number of rotatable bonds is 22. The van der Waals surface area contributed by atoms with Gasteiger partial charge in [-0.2, -0.15) is 0 Å². The molecule has 6 atom stereocenters. The molecule has 0 aromatic heterocycles. The van der Waals surface area contributed by atoms with E-state index in [0.29, 0.717) is 11.5 Å². The number of nitrogens with one attached hydrogen (secondary N) is 3. The Morgan fingerprint density at radius 1 is 0.698 bits per heavy atom. The Balaban J connectivity index is 1.29. The van der Waals surface area contributed by atoms with Crippen LogP contribution < -0.4 is 25.4 Å². The van der Waals surface area contributed by atoms with Gasteiger partial charge < -0.3 is 63.7 Å². The molecule has 3 aromatic carbocycles. The molecule has 3 amide bonds. The Kier molecular flexibility index (Phi) is 19.1. The van der Waals surface area contributed by atoms with Crippen molar-refractivity contribution < 1.29 is 76.5 Å². The summed E-state index contributed by atoms with van der Waals surface area (Å²) in [4.78, 5) is 73.0. The molecule has 1 fully saturated rings. The Labute approximate surface area is 364 Å². The Morgan fingerprint density at radius 3 is 1.79 bits per heavy atom. The van der Waals surface area contributed by atoms with Crippen LogP contribution in [-0.4, -0.2) is 131 Å². The van der Waals surface area contributed by atoms with E-state index in [1.54, 1.807) is 14.2 Å². The summed E-state index contributed by atoms with van der Waals surface area (Å²) in [7, 11) is 3.15. The third kappa shape index (κ3) is 14.7. The molecule has 4 rings (SSSR count). The summed E-state index contributed by atoms with van der Waals surface area (Å²) in [6, 6.07) is 23.1. The number of aliphatic hydroxyl groups excluding tert-OH is 1. The third-order valence-corrected chi connectivity index (χ3v) is 9.47. The molecule has 0 spiro atoms. The second kappa shape index (κ2) is 24.4. The summed E-state index contributed by atoms with van der Waals surface area (Å²) in [6.07, 6.45) is -7.05. The average Bonchev–Trinajstić information content (AvgIpc) is 3.26. The van der Waals surface area contributed by atoms with E-state index in [4.69, 9.17) is 42.6 Å². The van der Waals surface area contributed by atoms with Gasteiger partial charge in [-0.15, -0.1) is 0 Å². The number of hydrogen-bond acceptors (Lipinski definition) is 16. The molecule has 0 aliphatic carbocycles. The molecule has 0 radical (unpaired) electrons. The molecule has 63 heavy (non-hydrogen) atoms. The molecule has 1 aliphatic rings. The van der Waals surface area contributed by atoms with Crippen LogP contribution in [-0.2, 0) is 62.7 Å². The second-order valence-corrected chi connectivity index (χ2v) is 14.2. The Hall–Kier alpha value is -6.28. The number of methoxy groups -OCH3 is 2. The summed E-state index contributed by atoms with van der Waals surface area (Å²) in [5.74, 6) is -2.10. The smallest absolute Gasteiger partial charge is 0.407 e. The maximum atomic E-state index is 12.8. The highest BCUT2D eigenvalue weighted by atomic mass is 16.7. The molecule has 0 saturated carbocycles. The minimum absolute atomic E-state index is 0.0917. The Morgan fingerprint density at radius 2 is 1.25 bits per heavy atom. The number of esters is 3. The monoisotopic (exact) mass is 881 g/mol. The maximum absolute atomic E-state index is 12.8. The zero-order valence-electron chi connectivity index (χ0n) is 36.0. The van der Waals surface area contributed by atoms with Gasteiger partial charge >= 0.3 is 24.0 Å². The van der Waals surface area contributed by atoms with Gasteiger partial charge in [0.2, 0.25) is 11.8 Å². The van der Waals surface area contributed by atoms with Gasteiger partial charge in [-0.25, -0.2) is 4.79 Å². The van der Waals surface area contributed by atoms with Crippen LogP contribution in [0.1, 0.15) is 50.8 Å². The second-order valence-electron chi connectivity index (χ2n) is 14.2. The van der Waals surface area contributed by atoms with Crippen molar-refractivity contribution in [3.05, 3.63) is 95.6 Å². The minimum Gasteiger partial charge on any atom is -0.497 e. The fourth-order valence-corrected chi connectivity index (χ4v) is 6.72. The van der Waals surface area contributed by atoms with Gasteiger partial charge in [0.15, 0.2) is 18.5 Å². The zero-order chi connectivity index (χ0) is 45.9. The van der Waals surface area contributed by atoms with Crippen LogP contribution in [0.3, 0.4) is 0 Å². The first kappa shape index (κ1) is 49.4. The van der Waals surface area contributed by atoms with Crippen LogP contribution in [0, 0.1) is 0 Å². The van der Waals surface area contributed by atoms with Crippen LogP contribution in [0.25, 0.3) is 0 Å². The lowest BCUT2D eigenvalue weighted by Crippen LogP contribution is -2.66. The van der Waals surface area contributed by atoms with E-state index in [-0.39, 0.29) is 32.7 Å². The number of aliphatic hydroxyl groups is 1. The van der Waals surface area contributed by atoms with Crippen LogP contribution in [0.15, 0.2) is 78.9 Å². The lowest BCUT2D eigenvalue weighted by atomic mass is 9.80. The molecule has 0 bridgehead atoms. The minimum atomic E-state index is -1.42. The lowest BCUT2D eigenvalue weighted by molar-refractivity contribution is -0.276. The summed E-state index contributed by atoms with van der Waals surface area (Å²) in [5, 5.41) is 18.7. The fourth-order valence-electron chi connectivity index (χ4n) is 6.72. The van der Waals surface area contributed by atoms with Gasteiger partial charge in [-0.1, -0.05) is 54.6 Å². The molecule has 1 aliphatic heterocycles. The topological polar surface area (TPSA) is 242 Å². The number of benzene rings is 3. The lowest BCUT2D eigenvalue weighted by Gasteiger charge is -2.44. The van der Waals surface area contributed by atoms with E-state index < -0.39 is 91.4 Å². The molecule has 1 saturated heterocycles. The van der Waals surface area contributed by atoms with Gasteiger partial charge in [-0.3, -0.25) is 24.0 Å². The molecule has 342 valence electrons. The SMILES string of the molecule is COc1ccc(C(OC[C@@H](O)COC(=O)NCCCNC(=O)CO[C@@H]2O[C@H](COC(C)=O)[C@H](OC(C)=O)[C@H](OC(C)=O)[C@H]2NC(C)=O)(c2ccccc2)c2ccc(OC)cc2)cc1. The van der Waals surface area contributed by atoms with Crippen molar-refractivity contribution >= 4 is 35.8 Å². The van der Waals surface area contributed by atoms with E-state index in [9.17, 15) is 33.9 Å². The van der Waals surface area contributed by atoms with E-state index in [1.807, 2.05) is 78.9 Å². The number of alkyl carbamates (subject to hydrolysis) is 1.